The molecule has 3 aromatic rings. The maximum atomic E-state index is 15.0. The smallest absolute Gasteiger partial charge is 0.303 e. The summed E-state index contributed by atoms with van der Waals surface area (Å²) in [4.78, 5) is 11.5. The number of carboxylic acids is 1. The van der Waals surface area contributed by atoms with Crippen LogP contribution < -0.4 is 9.47 Å². The van der Waals surface area contributed by atoms with Gasteiger partial charge in [0.25, 0.3) is 0 Å². The fraction of sp³-hybridized carbons (Fsp3) is 0.424. The van der Waals surface area contributed by atoms with E-state index in [2.05, 4.69) is 20.8 Å². The summed E-state index contributed by atoms with van der Waals surface area (Å²) in [7, 11) is 3.24. The van der Waals surface area contributed by atoms with Gasteiger partial charge in [-0.05, 0) is 82.3 Å². The Morgan fingerprint density at radius 3 is 2.41 bits per heavy atom. The van der Waals surface area contributed by atoms with E-state index in [0.717, 1.165) is 28.7 Å². The number of ether oxygens (including phenoxy) is 3. The van der Waals surface area contributed by atoms with Crippen LogP contribution in [0.3, 0.4) is 0 Å². The standard InChI is InChI=1S/C33H39FO5/c1-33(2,3)32(38-5)29-16-22(11-13-27(29)28-19-25(37-4)12-14-30(28)34)20-39-26-8-6-7-23(17-26)24(18-31(35)36)15-21-9-10-21/h6-8,11-14,16-17,19,21,24,32H,9-10,15,18,20H2,1-5H3,(H,35,36)/t24-,32+/m1/s1. The van der Waals surface area contributed by atoms with Crippen LogP contribution in [0.4, 0.5) is 4.39 Å². The SMILES string of the molecule is COc1ccc(F)c(-c2ccc(COc3cccc([C@@H](CC(=O)O)CC4CC4)c3)cc2[C@H](OC)C(C)(C)C)c1. The molecule has 0 bridgehead atoms. The van der Waals surface area contributed by atoms with E-state index in [-0.39, 0.29) is 29.7 Å². The lowest BCUT2D eigenvalue weighted by Crippen LogP contribution is -2.21. The molecule has 2 atom stereocenters. The van der Waals surface area contributed by atoms with Gasteiger partial charge in [0, 0.05) is 12.7 Å². The largest absolute Gasteiger partial charge is 0.497 e. The summed E-state index contributed by atoms with van der Waals surface area (Å²) in [5.41, 5.74) is 3.75. The van der Waals surface area contributed by atoms with Crippen molar-refractivity contribution in [1.29, 1.82) is 0 Å². The fourth-order valence-corrected chi connectivity index (χ4v) is 5.28. The van der Waals surface area contributed by atoms with Gasteiger partial charge in [0.15, 0.2) is 0 Å². The Hall–Kier alpha value is -3.38. The summed E-state index contributed by atoms with van der Waals surface area (Å²) >= 11 is 0. The zero-order chi connectivity index (χ0) is 28.2. The predicted octanol–water partition coefficient (Wildman–Crippen LogP) is 8.17. The normalized spacial score (nSPS) is 15.0. The molecule has 1 fully saturated rings. The second-order valence-corrected chi connectivity index (χ2v) is 11.6. The maximum Gasteiger partial charge on any atom is 0.303 e. The van der Waals surface area contributed by atoms with Crippen LogP contribution in [0.2, 0.25) is 0 Å². The van der Waals surface area contributed by atoms with E-state index < -0.39 is 5.97 Å². The van der Waals surface area contributed by atoms with Crippen molar-refractivity contribution in [1.82, 2.24) is 0 Å². The predicted molar refractivity (Wildman–Crippen MR) is 151 cm³/mol. The molecule has 6 heteroatoms. The number of aliphatic carboxylic acids is 1. The second-order valence-electron chi connectivity index (χ2n) is 11.6. The van der Waals surface area contributed by atoms with Crippen molar-refractivity contribution in [2.24, 2.45) is 11.3 Å². The third-order valence-corrected chi connectivity index (χ3v) is 7.36. The Labute approximate surface area is 230 Å². The highest BCUT2D eigenvalue weighted by molar-refractivity contribution is 5.71. The molecule has 4 rings (SSSR count). The molecule has 0 amide bonds. The average molecular weight is 535 g/mol. The molecular weight excluding hydrogens is 495 g/mol. The van der Waals surface area contributed by atoms with E-state index >= 15 is 4.39 Å². The Balaban J connectivity index is 1.62. The second kappa shape index (κ2) is 12.2. The topological polar surface area (TPSA) is 65.0 Å². The molecule has 1 aliphatic carbocycles. The summed E-state index contributed by atoms with van der Waals surface area (Å²) in [6, 6.07) is 18.4. The number of rotatable bonds is 12. The van der Waals surface area contributed by atoms with Crippen LogP contribution in [-0.2, 0) is 16.1 Å². The Kier molecular flexibility index (Phi) is 8.96. The minimum atomic E-state index is -0.779. The van der Waals surface area contributed by atoms with Gasteiger partial charge >= 0.3 is 5.97 Å². The summed E-state index contributed by atoms with van der Waals surface area (Å²) in [5, 5.41) is 9.43. The summed E-state index contributed by atoms with van der Waals surface area (Å²) < 4.78 is 32.5. The van der Waals surface area contributed by atoms with Gasteiger partial charge in [0.05, 0.1) is 19.6 Å². The van der Waals surface area contributed by atoms with E-state index in [0.29, 0.717) is 29.6 Å². The lowest BCUT2D eigenvalue weighted by molar-refractivity contribution is -0.137. The zero-order valence-corrected chi connectivity index (χ0v) is 23.5. The summed E-state index contributed by atoms with van der Waals surface area (Å²) in [6.45, 7) is 6.59. The minimum Gasteiger partial charge on any atom is -0.497 e. The molecule has 0 spiro atoms. The molecule has 0 heterocycles. The van der Waals surface area contributed by atoms with Gasteiger partial charge in [0.1, 0.15) is 23.9 Å². The number of methoxy groups -OCH3 is 2. The Morgan fingerprint density at radius 1 is 1.00 bits per heavy atom. The van der Waals surface area contributed by atoms with Crippen LogP contribution in [-0.4, -0.2) is 25.3 Å². The number of hydrogen-bond acceptors (Lipinski definition) is 4. The molecule has 1 N–H and O–H groups in total. The Morgan fingerprint density at radius 2 is 1.77 bits per heavy atom. The van der Waals surface area contributed by atoms with E-state index in [1.807, 2.05) is 42.5 Å². The van der Waals surface area contributed by atoms with Crippen molar-refractivity contribution in [2.45, 2.75) is 65.1 Å². The summed E-state index contributed by atoms with van der Waals surface area (Å²) in [6.07, 6.45) is 3.09. The van der Waals surface area contributed by atoms with Gasteiger partial charge in [0.2, 0.25) is 0 Å². The van der Waals surface area contributed by atoms with Crippen LogP contribution in [0.5, 0.6) is 11.5 Å². The van der Waals surface area contributed by atoms with E-state index in [1.54, 1.807) is 26.4 Å². The van der Waals surface area contributed by atoms with Gasteiger partial charge in [-0.15, -0.1) is 0 Å². The van der Waals surface area contributed by atoms with Crippen LogP contribution >= 0.6 is 0 Å². The lowest BCUT2D eigenvalue weighted by atomic mass is 9.81. The van der Waals surface area contributed by atoms with Crippen molar-refractivity contribution in [3.05, 3.63) is 83.2 Å². The van der Waals surface area contributed by atoms with Gasteiger partial charge < -0.3 is 19.3 Å². The highest BCUT2D eigenvalue weighted by Gasteiger charge is 2.30. The van der Waals surface area contributed by atoms with Crippen molar-refractivity contribution in [3.63, 3.8) is 0 Å². The molecule has 208 valence electrons. The minimum absolute atomic E-state index is 0.0172. The third-order valence-electron chi connectivity index (χ3n) is 7.36. The van der Waals surface area contributed by atoms with Crippen molar-refractivity contribution in [2.75, 3.05) is 14.2 Å². The van der Waals surface area contributed by atoms with E-state index in [4.69, 9.17) is 14.2 Å². The van der Waals surface area contributed by atoms with Gasteiger partial charge in [-0.3, -0.25) is 4.79 Å². The molecule has 0 radical (unpaired) electrons. The number of halogens is 1. The first-order chi connectivity index (χ1) is 18.6. The third kappa shape index (κ3) is 7.39. The average Bonchev–Trinajstić information content (AvgIpc) is 3.71. The van der Waals surface area contributed by atoms with E-state index in [1.165, 1.54) is 18.9 Å². The van der Waals surface area contributed by atoms with Crippen molar-refractivity contribution >= 4 is 5.97 Å². The molecular formula is C33H39FO5. The number of hydrogen-bond donors (Lipinski definition) is 1. The van der Waals surface area contributed by atoms with Crippen LogP contribution in [0.1, 0.15) is 75.2 Å². The first kappa shape index (κ1) is 28.6. The molecule has 0 aliphatic heterocycles. The molecule has 5 nitrogen and oxygen atoms in total. The quantitative estimate of drug-likeness (QED) is 0.254. The zero-order valence-electron chi connectivity index (χ0n) is 23.5. The van der Waals surface area contributed by atoms with Crippen molar-refractivity contribution < 1.29 is 28.5 Å². The highest BCUT2D eigenvalue weighted by Crippen LogP contribution is 2.43. The van der Waals surface area contributed by atoms with Crippen molar-refractivity contribution in [3.8, 4) is 22.6 Å². The highest BCUT2D eigenvalue weighted by atomic mass is 19.1. The molecule has 1 aliphatic rings. The van der Waals surface area contributed by atoms with Crippen LogP contribution in [0.25, 0.3) is 11.1 Å². The lowest BCUT2D eigenvalue weighted by Gasteiger charge is -2.32. The first-order valence-corrected chi connectivity index (χ1v) is 13.5. The number of carboxylic acid groups (broad SMARTS) is 1. The monoisotopic (exact) mass is 534 g/mol. The fourth-order valence-electron chi connectivity index (χ4n) is 5.28. The van der Waals surface area contributed by atoms with Crippen LogP contribution in [0.15, 0.2) is 60.7 Å². The molecule has 0 aromatic heterocycles. The van der Waals surface area contributed by atoms with Crippen LogP contribution in [0, 0.1) is 17.2 Å². The molecule has 3 aromatic carbocycles. The number of benzene rings is 3. The van der Waals surface area contributed by atoms with Gasteiger partial charge in [-0.25, -0.2) is 4.39 Å². The molecule has 39 heavy (non-hydrogen) atoms. The molecule has 1 saturated carbocycles. The molecule has 0 saturated heterocycles. The Bertz CT molecular complexity index is 1290. The van der Waals surface area contributed by atoms with Gasteiger partial charge in [-0.1, -0.05) is 57.9 Å². The first-order valence-electron chi connectivity index (χ1n) is 13.5. The van der Waals surface area contributed by atoms with Gasteiger partial charge in [-0.2, -0.15) is 0 Å². The summed E-state index contributed by atoms with van der Waals surface area (Å²) in [5.74, 6) is 0.778. The van der Waals surface area contributed by atoms with E-state index in [9.17, 15) is 9.90 Å². The number of carbonyl (C=O) groups is 1. The molecule has 0 unspecified atom stereocenters. The maximum absolute atomic E-state index is 15.0.